The van der Waals surface area contributed by atoms with Crippen molar-refractivity contribution in [2.75, 3.05) is 27.2 Å². The molecule has 0 fully saturated rings. The van der Waals surface area contributed by atoms with Gasteiger partial charge in [0.25, 0.3) is 0 Å². The van der Waals surface area contributed by atoms with E-state index in [-0.39, 0.29) is 24.7 Å². The van der Waals surface area contributed by atoms with Gasteiger partial charge in [0.1, 0.15) is 0 Å². The third kappa shape index (κ3) is 6.45. The lowest BCUT2D eigenvalue weighted by atomic mass is 10.0. The summed E-state index contributed by atoms with van der Waals surface area (Å²) in [6, 6.07) is 7.42. The molecule has 0 saturated carbocycles. The number of nitrogens with zero attached hydrogens (tertiary/aromatic N) is 1. The van der Waals surface area contributed by atoms with E-state index in [1.807, 2.05) is 45.3 Å². The highest BCUT2D eigenvalue weighted by Gasteiger charge is 2.15. The number of rotatable bonds is 8. The van der Waals surface area contributed by atoms with Gasteiger partial charge in [-0.25, -0.2) is 4.79 Å². The van der Waals surface area contributed by atoms with Gasteiger partial charge in [0.05, 0.1) is 12.6 Å². The number of amides is 2. The molecule has 0 aromatic heterocycles. The standard InChI is InChI=1S/C17H29N3O2/c1-5-14-6-8-15(9-7-14)16(12-21)19-17(22)18-13(2)10-11-20(3)4/h6-9,13,16,21H,5,10-12H2,1-4H3,(H2,18,19,22). The number of aryl methyl sites for hydroxylation is 1. The molecule has 5 nitrogen and oxygen atoms in total. The minimum Gasteiger partial charge on any atom is -0.394 e. The van der Waals surface area contributed by atoms with Gasteiger partial charge in [-0.1, -0.05) is 31.2 Å². The summed E-state index contributed by atoms with van der Waals surface area (Å²) in [7, 11) is 4.02. The van der Waals surface area contributed by atoms with Crippen molar-refractivity contribution < 1.29 is 9.90 Å². The number of aliphatic hydroxyl groups is 1. The Hall–Kier alpha value is -1.59. The first-order valence-electron chi connectivity index (χ1n) is 7.87. The summed E-state index contributed by atoms with van der Waals surface area (Å²) in [5.41, 5.74) is 2.15. The smallest absolute Gasteiger partial charge is 0.315 e. The molecule has 0 bridgehead atoms. The molecule has 0 aliphatic rings. The van der Waals surface area contributed by atoms with E-state index < -0.39 is 0 Å². The van der Waals surface area contributed by atoms with E-state index in [1.165, 1.54) is 5.56 Å². The number of carbonyl (C=O) groups is 1. The topological polar surface area (TPSA) is 64.6 Å². The first-order valence-corrected chi connectivity index (χ1v) is 7.87. The van der Waals surface area contributed by atoms with E-state index >= 15 is 0 Å². The van der Waals surface area contributed by atoms with Crippen molar-refractivity contribution in [3.63, 3.8) is 0 Å². The Morgan fingerprint density at radius 3 is 2.36 bits per heavy atom. The van der Waals surface area contributed by atoms with E-state index in [9.17, 15) is 9.90 Å². The highest BCUT2D eigenvalue weighted by Crippen LogP contribution is 2.14. The second kappa shape index (κ2) is 9.43. The molecule has 0 aliphatic carbocycles. The molecular formula is C17H29N3O2. The fourth-order valence-electron chi connectivity index (χ4n) is 2.17. The van der Waals surface area contributed by atoms with Crippen LogP contribution in [0.4, 0.5) is 4.79 Å². The summed E-state index contributed by atoms with van der Waals surface area (Å²) in [6.45, 7) is 4.88. The molecule has 1 aromatic rings. The lowest BCUT2D eigenvalue weighted by Gasteiger charge is -2.21. The zero-order valence-electron chi connectivity index (χ0n) is 14.1. The van der Waals surface area contributed by atoms with E-state index in [2.05, 4.69) is 22.5 Å². The van der Waals surface area contributed by atoms with Gasteiger partial charge in [-0.05, 0) is 51.5 Å². The average molecular weight is 307 g/mol. The third-order valence-electron chi connectivity index (χ3n) is 3.67. The molecule has 0 radical (unpaired) electrons. The number of benzene rings is 1. The van der Waals surface area contributed by atoms with Crippen LogP contribution >= 0.6 is 0 Å². The fraction of sp³-hybridized carbons (Fsp3) is 0.588. The Kier molecular flexibility index (Phi) is 7.91. The van der Waals surface area contributed by atoms with Crippen molar-refractivity contribution in [3.05, 3.63) is 35.4 Å². The van der Waals surface area contributed by atoms with Crippen LogP contribution in [0.3, 0.4) is 0 Å². The number of hydrogen-bond acceptors (Lipinski definition) is 3. The van der Waals surface area contributed by atoms with Crippen molar-refractivity contribution >= 4 is 6.03 Å². The number of nitrogens with one attached hydrogen (secondary N) is 2. The van der Waals surface area contributed by atoms with Gasteiger partial charge < -0.3 is 20.6 Å². The van der Waals surface area contributed by atoms with Crippen LogP contribution in [-0.2, 0) is 6.42 Å². The molecule has 124 valence electrons. The molecule has 22 heavy (non-hydrogen) atoms. The molecule has 3 N–H and O–H groups in total. The normalized spacial score (nSPS) is 13.7. The first kappa shape index (κ1) is 18.5. The van der Waals surface area contributed by atoms with Crippen molar-refractivity contribution in [2.24, 2.45) is 0 Å². The van der Waals surface area contributed by atoms with Crippen LogP contribution in [0.1, 0.15) is 37.4 Å². The van der Waals surface area contributed by atoms with Gasteiger partial charge in [0.2, 0.25) is 0 Å². The number of hydrogen-bond donors (Lipinski definition) is 3. The maximum Gasteiger partial charge on any atom is 0.315 e. The van der Waals surface area contributed by atoms with E-state index in [0.717, 1.165) is 24.9 Å². The van der Waals surface area contributed by atoms with E-state index in [4.69, 9.17) is 0 Å². The maximum atomic E-state index is 12.0. The number of aliphatic hydroxyl groups excluding tert-OH is 1. The third-order valence-corrected chi connectivity index (χ3v) is 3.67. The molecule has 0 saturated heterocycles. The molecular weight excluding hydrogens is 278 g/mol. The summed E-state index contributed by atoms with van der Waals surface area (Å²) < 4.78 is 0. The van der Waals surface area contributed by atoms with Crippen LogP contribution in [0, 0.1) is 0 Å². The van der Waals surface area contributed by atoms with Crippen molar-refractivity contribution in [1.82, 2.24) is 15.5 Å². The summed E-state index contributed by atoms with van der Waals surface area (Å²) in [5.74, 6) is 0. The lowest BCUT2D eigenvalue weighted by Crippen LogP contribution is -2.44. The zero-order chi connectivity index (χ0) is 16.5. The summed E-state index contributed by atoms with van der Waals surface area (Å²) in [6.07, 6.45) is 1.86. The van der Waals surface area contributed by atoms with E-state index in [1.54, 1.807) is 0 Å². The molecule has 2 atom stereocenters. The van der Waals surface area contributed by atoms with Crippen LogP contribution in [-0.4, -0.2) is 49.3 Å². The molecule has 0 heterocycles. The molecule has 2 unspecified atom stereocenters. The predicted molar refractivity (Wildman–Crippen MR) is 89.9 cm³/mol. The molecule has 1 aromatic carbocycles. The Bertz CT molecular complexity index is 446. The second-order valence-corrected chi connectivity index (χ2v) is 5.94. The van der Waals surface area contributed by atoms with Crippen LogP contribution in [0.25, 0.3) is 0 Å². The van der Waals surface area contributed by atoms with E-state index in [0.29, 0.717) is 0 Å². The molecule has 2 amide bonds. The second-order valence-electron chi connectivity index (χ2n) is 5.94. The minimum absolute atomic E-state index is 0.0872. The maximum absolute atomic E-state index is 12.0. The van der Waals surface area contributed by atoms with Crippen LogP contribution in [0.15, 0.2) is 24.3 Å². The SMILES string of the molecule is CCc1ccc(C(CO)NC(=O)NC(C)CCN(C)C)cc1. The predicted octanol–water partition coefficient (Wildman–Crippen LogP) is 1.92. The van der Waals surface area contributed by atoms with Crippen LogP contribution < -0.4 is 10.6 Å². The van der Waals surface area contributed by atoms with Gasteiger partial charge >= 0.3 is 6.03 Å². The highest BCUT2D eigenvalue weighted by molar-refractivity contribution is 5.74. The van der Waals surface area contributed by atoms with Gasteiger partial charge in [-0.15, -0.1) is 0 Å². The zero-order valence-corrected chi connectivity index (χ0v) is 14.1. The van der Waals surface area contributed by atoms with Gasteiger partial charge in [0, 0.05) is 6.04 Å². The lowest BCUT2D eigenvalue weighted by molar-refractivity contribution is 0.213. The van der Waals surface area contributed by atoms with Crippen molar-refractivity contribution in [3.8, 4) is 0 Å². The minimum atomic E-state index is -0.382. The number of carbonyl (C=O) groups excluding carboxylic acids is 1. The van der Waals surface area contributed by atoms with Crippen molar-refractivity contribution in [1.29, 1.82) is 0 Å². The monoisotopic (exact) mass is 307 g/mol. The van der Waals surface area contributed by atoms with Gasteiger partial charge in [-0.3, -0.25) is 0 Å². The van der Waals surface area contributed by atoms with Gasteiger partial charge in [0.15, 0.2) is 0 Å². The summed E-state index contributed by atoms with van der Waals surface area (Å²) in [5, 5.41) is 15.2. The quantitative estimate of drug-likeness (QED) is 0.687. The average Bonchev–Trinajstić information content (AvgIpc) is 2.50. The Labute approximate surface area is 133 Å². The Morgan fingerprint density at radius 1 is 1.23 bits per heavy atom. The van der Waals surface area contributed by atoms with Crippen molar-refractivity contribution in [2.45, 2.75) is 38.8 Å². The largest absolute Gasteiger partial charge is 0.394 e. The molecule has 0 spiro atoms. The summed E-state index contributed by atoms with van der Waals surface area (Å²) in [4.78, 5) is 14.1. The molecule has 0 aliphatic heterocycles. The fourth-order valence-corrected chi connectivity index (χ4v) is 2.17. The first-order chi connectivity index (χ1) is 10.5. The highest BCUT2D eigenvalue weighted by atomic mass is 16.3. The summed E-state index contributed by atoms with van der Waals surface area (Å²) >= 11 is 0. The molecule has 1 rings (SSSR count). The Balaban J connectivity index is 2.52. The van der Waals surface area contributed by atoms with Crippen LogP contribution in [0.2, 0.25) is 0 Å². The number of urea groups is 1. The van der Waals surface area contributed by atoms with Gasteiger partial charge in [-0.2, -0.15) is 0 Å². The van der Waals surface area contributed by atoms with Crippen LogP contribution in [0.5, 0.6) is 0 Å². The Morgan fingerprint density at radius 2 is 1.86 bits per heavy atom. The molecule has 5 heteroatoms.